The zero-order chi connectivity index (χ0) is 14.7. The van der Waals surface area contributed by atoms with Crippen LogP contribution in [0.2, 0.25) is 0 Å². The smallest absolute Gasteiger partial charge is 0.164 e. The number of ketones is 1. The Morgan fingerprint density at radius 3 is 2.62 bits per heavy atom. The van der Waals surface area contributed by atoms with Crippen molar-refractivity contribution in [3.63, 3.8) is 0 Å². The third kappa shape index (κ3) is 3.52. The SMILES string of the molecule is O=C(CCN1CCCC2CCCCC21)c1ccc(F)cc1. The molecule has 1 aliphatic carbocycles. The zero-order valence-electron chi connectivity index (χ0n) is 12.6. The Balaban J connectivity index is 1.56. The number of nitrogens with zero attached hydrogens (tertiary/aromatic N) is 1. The average molecular weight is 289 g/mol. The van der Waals surface area contributed by atoms with Crippen molar-refractivity contribution < 1.29 is 9.18 Å². The van der Waals surface area contributed by atoms with Gasteiger partial charge in [0.2, 0.25) is 0 Å². The molecule has 0 radical (unpaired) electrons. The average Bonchev–Trinajstić information content (AvgIpc) is 2.53. The standard InChI is InChI=1S/C18H24FNO/c19-16-9-7-15(8-10-16)18(21)11-13-20-12-3-5-14-4-1-2-6-17(14)20/h7-10,14,17H,1-6,11-13H2. The molecule has 114 valence electrons. The summed E-state index contributed by atoms with van der Waals surface area (Å²) in [5, 5.41) is 0. The predicted octanol–water partition coefficient (Wildman–Crippen LogP) is 4.05. The molecule has 3 rings (SSSR count). The highest BCUT2D eigenvalue weighted by molar-refractivity contribution is 5.96. The molecule has 0 aromatic heterocycles. The van der Waals surface area contributed by atoms with E-state index in [9.17, 15) is 9.18 Å². The Morgan fingerprint density at radius 2 is 1.81 bits per heavy atom. The van der Waals surface area contributed by atoms with Gasteiger partial charge in [-0.25, -0.2) is 4.39 Å². The summed E-state index contributed by atoms with van der Waals surface area (Å²) in [6.45, 7) is 2.00. The Bertz CT molecular complexity index is 482. The Labute approximate surface area is 126 Å². The van der Waals surface area contributed by atoms with Gasteiger partial charge in [0.05, 0.1) is 0 Å². The first-order valence-electron chi connectivity index (χ1n) is 8.27. The van der Waals surface area contributed by atoms with E-state index in [4.69, 9.17) is 0 Å². The number of fused-ring (bicyclic) bond motifs is 1. The van der Waals surface area contributed by atoms with Crippen LogP contribution in [0.1, 0.15) is 55.3 Å². The maximum absolute atomic E-state index is 12.9. The third-order valence-electron chi connectivity index (χ3n) is 5.15. The van der Waals surface area contributed by atoms with Gasteiger partial charge >= 0.3 is 0 Å². The number of piperidine rings is 1. The number of carbonyl (C=O) groups excluding carboxylic acids is 1. The zero-order valence-corrected chi connectivity index (χ0v) is 12.6. The summed E-state index contributed by atoms with van der Waals surface area (Å²) in [4.78, 5) is 14.7. The van der Waals surface area contributed by atoms with E-state index in [1.165, 1.54) is 50.7 Å². The van der Waals surface area contributed by atoms with Gasteiger partial charge in [0.1, 0.15) is 5.82 Å². The van der Waals surface area contributed by atoms with Gasteiger partial charge < -0.3 is 0 Å². The molecule has 2 aliphatic rings. The van der Waals surface area contributed by atoms with Crippen molar-refractivity contribution >= 4 is 5.78 Å². The fraction of sp³-hybridized carbons (Fsp3) is 0.611. The highest BCUT2D eigenvalue weighted by atomic mass is 19.1. The molecule has 1 aliphatic heterocycles. The number of benzene rings is 1. The maximum Gasteiger partial charge on any atom is 0.164 e. The number of likely N-dealkylation sites (tertiary alicyclic amines) is 1. The lowest BCUT2D eigenvalue weighted by atomic mass is 9.78. The van der Waals surface area contributed by atoms with Crippen molar-refractivity contribution in [3.05, 3.63) is 35.6 Å². The van der Waals surface area contributed by atoms with E-state index >= 15 is 0 Å². The monoisotopic (exact) mass is 289 g/mol. The van der Waals surface area contributed by atoms with Crippen molar-refractivity contribution in [3.8, 4) is 0 Å². The molecule has 1 saturated heterocycles. The van der Waals surface area contributed by atoms with Gasteiger partial charge in [-0.3, -0.25) is 9.69 Å². The molecule has 0 amide bonds. The van der Waals surface area contributed by atoms with Crippen LogP contribution < -0.4 is 0 Å². The minimum Gasteiger partial charge on any atom is -0.300 e. The first-order valence-corrected chi connectivity index (χ1v) is 8.27. The number of hydrogen-bond acceptors (Lipinski definition) is 2. The van der Waals surface area contributed by atoms with E-state index < -0.39 is 0 Å². The number of rotatable bonds is 4. The van der Waals surface area contributed by atoms with E-state index in [0.717, 1.165) is 19.0 Å². The van der Waals surface area contributed by atoms with Gasteiger partial charge in [-0.1, -0.05) is 12.8 Å². The van der Waals surface area contributed by atoms with Crippen LogP contribution in [0.25, 0.3) is 0 Å². The van der Waals surface area contributed by atoms with E-state index in [2.05, 4.69) is 4.90 Å². The third-order valence-corrected chi connectivity index (χ3v) is 5.15. The molecule has 0 N–H and O–H groups in total. The Morgan fingerprint density at radius 1 is 1.10 bits per heavy atom. The minimum atomic E-state index is -0.285. The van der Waals surface area contributed by atoms with Crippen molar-refractivity contribution in [1.29, 1.82) is 0 Å². The molecular weight excluding hydrogens is 265 g/mol. The van der Waals surface area contributed by atoms with Crippen LogP contribution in [-0.2, 0) is 0 Å². The van der Waals surface area contributed by atoms with Crippen LogP contribution in [0.4, 0.5) is 4.39 Å². The minimum absolute atomic E-state index is 0.132. The molecule has 2 fully saturated rings. The number of halogens is 1. The van der Waals surface area contributed by atoms with Gasteiger partial charge in [-0.2, -0.15) is 0 Å². The molecule has 0 spiro atoms. The van der Waals surface area contributed by atoms with Crippen molar-refractivity contribution in [2.75, 3.05) is 13.1 Å². The first kappa shape index (κ1) is 14.7. The van der Waals surface area contributed by atoms with Crippen molar-refractivity contribution in [1.82, 2.24) is 4.90 Å². The summed E-state index contributed by atoms with van der Waals surface area (Å²) in [6.07, 6.45) is 8.57. The quantitative estimate of drug-likeness (QED) is 0.779. The molecule has 0 bridgehead atoms. The van der Waals surface area contributed by atoms with Crippen molar-refractivity contribution in [2.24, 2.45) is 5.92 Å². The normalized spacial score (nSPS) is 26.3. The number of carbonyl (C=O) groups is 1. The molecular formula is C18H24FNO. The van der Waals surface area contributed by atoms with Crippen molar-refractivity contribution in [2.45, 2.75) is 51.0 Å². The molecule has 2 unspecified atom stereocenters. The van der Waals surface area contributed by atoms with E-state index in [0.29, 0.717) is 18.0 Å². The van der Waals surface area contributed by atoms with Gasteiger partial charge in [0, 0.05) is 24.6 Å². The van der Waals surface area contributed by atoms with Crippen LogP contribution in [0, 0.1) is 11.7 Å². The number of hydrogen-bond donors (Lipinski definition) is 0. The second kappa shape index (κ2) is 6.69. The second-order valence-electron chi connectivity index (χ2n) is 6.47. The van der Waals surface area contributed by atoms with E-state index in [-0.39, 0.29) is 11.6 Å². The fourth-order valence-electron chi connectivity index (χ4n) is 4.03. The maximum atomic E-state index is 12.9. The largest absolute Gasteiger partial charge is 0.300 e. The summed E-state index contributed by atoms with van der Waals surface area (Å²) >= 11 is 0. The summed E-state index contributed by atoms with van der Waals surface area (Å²) < 4.78 is 12.9. The highest BCUT2D eigenvalue weighted by Crippen LogP contribution is 2.35. The van der Waals surface area contributed by atoms with Gasteiger partial charge in [0.15, 0.2) is 5.78 Å². The molecule has 2 nitrogen and oxygen atoms in total. The van der Waals surface area contributed by atoms with E-state index in [1.54, 1.807) is 12.1 Å². The molecule has 1 aromatic rings. The predicted molar refractivity (Wildman–Crippen MR) is 81.9 cm³/mol. The van der Waals surface area contributed by atoms with Gasteiger partial charge in [0.25, 0.3) is 0 Å². The molecule has 1 aromatic carbocycles. The summed E-state index contributed by atoms with van der Waals surface area (Å²) in [7, 11) is 0. The van der Waals surface area contributed by atoms with Gasteiger partial charge in [-0.05, 0) is 62.4 Å². The Hall–Kier alpha value is -1.22. The summed E-state index contributed by atoms with van der Waals surface area (Å²) in [5.74, 6) is 0.703. The highest BCUT2D eigenvalue weighted by Gasteiger charge is 2.32. The summed E-state index contributed by atoms with van der Waals surface area (Å²) in [6, 6.07) is 6.62. The molecule has 1 heterocycles. The van der Waals surface area contributed by atoms with Crippen LogP contribution in [0.15, 0.2) is 24.3 Å². The van der Waals surface area contributed by atoms with Crippen LogP contribution >= 0.6 is 0 Å². The molecule has 3 heteroatoms. The summed E-state index contributed by atoms with van der Waals surface area (Å²) in [5.41, 5.74) is 0.633. The lowest BCUT2D eigenvalue weighted by Crippen LogP contribution is -2.47. The van der Waals surface area contributed by atoms with Crippen LogP contribution in [0.3, 0.4) is 0 Å². The fourth-order valence-corrected chi connectivity index (χ4v) is 4.03. The van der Waals surface area contributed by atoms with Crippen LogP contribution in [-0.4, -0.2) is 29.8 Å². The molecule has 21 heavy (non-hydrogen) atoms. The lowest BCUT2D eigenvalue weighted by Gasteiger charge is -2.44. The molecule has 1 saturated carbocycles. The van der Waals surface area contributed by atoms with Gasteiger partial charge in [-0.15, -0.1) is 0 Å². The molecule has 2 atom stereocenters. The van der Waals surface area contributed by atoms with Crippen LogP contribution in [0.5, 0.6) is 0 Å². The van der Waals surface area contributed by atoms with E-state index in [1.807, 2.05) is 0 Å². The number of Topliss-reactive ketones (excluding diaryl/α,β-unsaturated/α-hetero) is 1. The second-order valence-corrected chi connectivity index (χ2v) is 6.47. The topological polar surface area (TPSA) is 20.3 Å². The lowest BCUT2D eigenvalue weighted by molar-refractivity contribution is 0.0575. The Kier molecular flexibility index (Phi) is 4.69. The first-order chi connectivity index (χ1) is 10.2.